The third-order valence-corrected chi connectivity index (χ3v) is 7.59. The smallest absolute Gasteiger partial charge is 0.374 e. The average Bonchev–Trinajstić information content (AvgIpc) is 3.34. The molecule has 210 valence electrons. The lowest BCUT2D eigenvalue weighted by molar-refractivity contribution is -0.677. The van der Waals surface area contributed by atoms with E-state index in [0.717, 1.165) is 0 Å². The molecule has 0 radical (unpaired) electrons. The summed E-state index contributed by atoms with van der Waals surface area (Å²) in [5, 5.41) is 0. The number of hydrogen-bond acceptors (Lipinski definition) is 7. The second-order valence-electron chi connectivity index (χ2n) is 8.90. The zero-order valence-electron chi connectivity index (χ0n) is 20.9. The molecule has 1 aliphatic rings. The van der Waals surface area contributed by atoms with Crippen LogP contribution < -0.4 is 14.2 Å². The Morgan fingerprint density at radius 1 is 1.00 bits per heavy atom. The first-order chi connectivity index (χ1) is 18.3. The Bertz CT molecular complexity index is 1660. The van der Waals surface area contributed by atoms with Crippen LogP contribution in [0.3, 0.4) is 0 Å². The van der Waals surface area contributed by atoms with Crippen LogP contribution in [0.15, 0.2) is 58.3 Å². The highest BCUT2D eigenvalue weighted by Crippen LogP contribution is 2.40. The number of halogens is 2. The maximum atomic E-state index is 14.0. The molecular formula is C25H27F2N2O8S2+. The van der Waals surface area contributed by atoms with Crippen LogP contribution >= 0.6 is 0 Å². The van der Waals surface area contributed by atoms with Gasteiger partial charge in [-0.3, -0.25) is 9.11 Å². The van der Waals surface area contributed by atoms with E-state index in [4.69, 9.17) is 18.3 Å². The predicted molar refractivity (Wildman–Crippen MR) is 139 cm³/mol. The van der Waals surface area contributed by atoms with Crippen LogP contribution in [0.2, 0.25) is 0 Å². The molecule has 0 saturated heterocycles. The first-order valence-corrected chi connectivity index (χ1v) is 15.2. The minimum atomic E-state index is -4.19. The van der Waals surface area contributed by atoms with Crippen molar-refractivity contribution in [1.82, 2.24) is 0 Å². The van der Waals surface area contributed by atoms with E-state index in [1.54, 1.807) is 21.6 Å². The lowest BCUT2D eigenvalue weighted by Crippen LogP contribution is -2.36. The fourth-order valence-corrected chi connectivity index (χ4v) is 5.19. The number of allylic oxidation sites excluding steroid dienone is 2. The van der Waals surface area contributed by atoms with Crippen LogP contribution in [0.1, 0.15) is 32.1 Å². The fraction of sp³-hybridized carbons (Fsp3) is 0.320. The van der Waals surface area contributed by atoms with Crippen molar-refractivity contribution < 1.29 is 48.4 Å². The molecule has 39 heavy (non-hydrogen) atoms. The normalized spacial score (nSPS) is 15.3. The topological polar surface area (TPSA) is 138 Å². The molecule has 3 aromatic rings. The van der Waals surface area contributed by atoms with Crippen LogP contribution in [0.4, 0.5) is 14.5 Å². The van der Waals surface area contributed by atoms with Crippen molar-refractivity contribution >= 4 is 43.1 Å². The lowest BCUT2D eigenvalue weighted by Gasteiger charge is -2.18. The van der Waals surface area contributed by atoms with E-state index >= 15 is 0 Å². The summed E-state index contributed by atoms with van der Waals surface area (Å²) < 4.78 is 104. The number of oxazole rings is 1. The minimum absolute atomic E-state index is 0.0452. The van der Waals surface area contributed by atoms with Gasteiger partial charge >= 0.3 is 5.89 Å². The number of anilines is 1. The van der Waals surface area contributed by atoms with Crippen LogP contribution in [0.5, 0.6) is 5.75 Å². The summed E-state index contributed by atoms with van der Waals surface area (Å²) in [6.45, 7) is 2.08. The molecule has 0 spiro atoms. The van der Waals surface area contributed by atoms with Gasteiger partial charge in [-0.15, -0.1) is 0 Å². The molecule has 0 fully saturated rings. The van der Waals surface area contributed by atoms with Gasteiger partial charge in [0.2, 0.25) is 11.5 Å². The van der Waals surface area contributed by atoms with Gasteiger partial charge < -0.3 is 14.1 Å². The van der Waals surface area contributed by atoms with Gasteiger partial charge in [-0.1, -0.05) is 6.92 Å². The van der Waals surface area contributed by atoms with Crippen LogP contribution in [0.25, 0.3) is 17.2 Å². The highest BCUT2D eigenvalue weighted by atomic mass is 32.2. The zero-order chi connectivity index (χ0) is 28.4. The van der Waals surface area contributed by atoms with Crippen LogP contribution in [-0.4, -0.2) is 44.0 Å². The van der Waals surface area contributed by atoms with Crippen molar-refractivity contribution in [2.24, 2.45) is 0 Å². The molecule has 0 bridgehead atoms. The highest BCUT2D eigenvalue weighted by molar-refractivity contribution is 7.86. The van der Waals surface area contributed by atoms with Gasteiger partial charge in [0.1, 0.15) is 11.6 Å². The first kappa shape index (κ1) is 28.7. The largest absolute Gasteiger partial charge is 0.439 e. The Hall–Kier alpha value is -3.33. The van der Waals surface area contributed by atoms with Gasteiger partial charge in [-0.2, -0.15) is 21.4 Å². The van der Waals surface area contributed by atoms with Gasteiger partial charge in [0.25, 0.3) is 25.8 Å². The summed E-state index contributed by atoms with van der Waals surface area (Å²) in [7, 11) is -8.39. The van der Waals surface area contributed by atoms with Gasteiger partial charge in [0, 0.05) is 31.2 Å². The predicted octanol–water partition coefficient (Wildman–Crippen LogP) is 4.09. The third-order valence-electron chi connectivity index (χ3n) is 5.98. The van der Waals surface area contributed by atoms with E-state index in [1.165, 1.54) is 36.4 Å². The molecular weight excluding hydrogens is 558 g/mol. The number of hydrogen-bond donors (Lipinski definition) is 2. The van der Waals surface area contributed by atoms with Crippen molar-refractivity contribution in [1.29, 1.82) is 0 Å². The Kier molecular flexibility index (Phi) is 8.39. The van der Waals surface area contributed by atoms with Gasteiger partial charge in [-0.25, -0.2) is 8.78 Å². The minimum Gasteiger partial charge on any atom is -0.439 e. The SMILES string of the molecule is CCC(/C=C1\Oc2ccc(F)cc2N1CCCS(=O)(=O)O)=C\c1oc2ccc(F)cc2[n+]1CCCS(=O)(=O)O. The summed E-state index contributed by atoms with van der Waals surface area (Å²) in [6, 6.07) is 7.89. The maximum absolute atomic E-state index is 14.0. The molecule has 0 aliphatic carbocycles. The Morgan fingerprint density at radius 2 is 1.67 bits per heavy atom. The monoisotopic (exact) mass is 585 g/mol. The molecule has 0 atom stereocenters. The van der Waals surface area contributed by atoms with E-state index < -0.39 is 43.4 Å². The van der Waals surface area contributed by atoms with Crippen molar-refractivity contribution in [3.63, 3.8) is 0 Å². The van der Waals surface area contributed by atoms with Crippen molar-refractivity contribution in [2.45, 2.75) is 32.7 Å². The number of aromatic nitrogens is 1. The van der Waals surface area contributed by atoms with Gasteiger partial charge in [0.15, 0.2) is 12.3 Å². The summed E-state index contributed by atoms with van der Waals surface area (Å²) >= 11 is 0. The number of rotatable bonds is 11. The number of nitrogens with zero attached hydrogens (tertiary/aromatic N) is 2. The van der Waals surface area contributed by atoms with E-state index in [-0.39, 0.29) is 25.9 Å². The van der Waals surface area contributed by atoms with Gasteiger partial charge in [0.05, 0.1) is 23.3 Å². The Morgan fingerprint density at radius 3 is 2.36 bits per heavy atom. The Labute approximate surface area is 224 Å². The standard InChI is InChI=1S/C25H26F2N2O8S2/c1-2-17(13-24-28(9-3-11-38(30,31)32)20-15-18(26)5-7-22(20)36-24)14-25-29(10-4-12-39(33,34)35)21-16-19(27)6-8-23(21)37-25/h5-8,13-16H,2-4,9-12H2,1H3,(H-,30,31,32,33,34,35)/p+1. The maximum Gasteiger partial charge on any atom is 0.374 e. The van der Waals surface area contributed by atoms with Crippen LogP contribution in [0, 0.1) is 11.6 Å². The molecule has 0 amide bonds. The first-order valence-electron chi connectivity index (χ1n) is 12.0. The molecule has 2 aromatic carbocycles. The van der Waals surface area contributed by atoms with Crippen molar-refractivity contribution in [3.8, 4) is 5.75 Å². The molecule has 0 unspecified atom stereocenters. The van der Waals surface area contributed by atoms with Crippen molar-refractivity contribution in [2.75, 3.05) is 23.0 Å². The molecule has 2 N–H and O–H groups in total. The average molecular weight is 586 g/mol. The molecule has 10 nitrogen and oxygen atoms in total. The summed E-state index contributed by atoms with van der Waals surface area (Å²) in [4.78, 5) is 1.60. The molecule has 1 aliphatic heterocycles. The molecule has 2 heterocycles. The summed E-state index contributed by atoms with van der Waals surface area (Å²) in [5.41, 5.74) is 1.82. The number of aryl methyl sites for hydroxylation is 1. The molecule has 1 aromatic heterocycles. The van der Waals surface area contributed by atoms with E-state index in [1.807, 2.05) is 6.92 Å². The van der Waals surface area contributed by atoms with Crippen LogP contribution in [-0.2, 0) is 26.8 Å². The second-order valence-corrected chi connectivity index (χ2v) is 12.0. The highest BCUT2D eigenvalue weighted by Gasteiger charge is 2.28. The van der Waals surface area contributed by atoms with E-state index in [9.17, 15) is 25.6 Å². The Balaban J connectivity index is 1.71. The zero-order valence-corrected chi connectivity index (χ0v) is 22.5. The summed E-state index contributed by atoms with van der Waals surface area (Å²) in [6.07, 6.45) is 3.89. The lowest BCUT2D eigenvalue weighted by atomic mass is 10.1. The van der Waals surface area contributed by atoms with Crippen molar-refractivity contribution in [3.05, 3.63) is 71.5 Å². The van der Waals surface area contributed by atoms with E-state index in [0.29, 0.717) is 46.3 Å². The second kappa shape index (κ2) is 11.4. The molecule has 0 saturated carbocycles. The third kappa shape index (κ3) is 7.41. The fourth-order valence-electron chi connectivity index (χ4n) is 4.20. The van der Waals surface area contributed by atoms with Gasteiger partial charge in [-0.05, 0) is 42.7 Å². The quantitative estimate of drug-likeness (QED) is 0.252. The number of benzene rings is 2. The molecule has 14 heteroatoms. The molecule has 4 rings (SSSR count). The van der Waals surface area contributed by atoms with E-state index in [2.05, 4.69) is 0 Å². The number of ether oxygens (including phenoxy) is 1. The number of fused-ring (bicyclic) bond motifs is 2. The summed E-state index contributed by atoms with van der Waals surface area (Å²) in [5.74, 6) is -1.05.